The molecule has 2 unspecified atom stereocenters. The minimum Gasteiger partial charge on any atom is -0.314 e. The molecule has 1 N–H and O–H groups in total. The van der Waals surface area contributed by atoms with Gasteiger partial charge in [0.05, 0.1) is 0 Å². The summed E-state index contributed by atoms with van der Waals surface area (Å²) in [7, 11) is 0. The molecule has 1 aliphatic rings. The summed E-state index contributed by atoms with van der Waals surface area (Å²) in [6.07, 6.45) is 13.4. The van der Waals surface area contributed by atoms with E-state index in [-0.39, 0.29) is 0 Å². The van der Waals surface area contributed by atoms with Gasteiger partial charge in [-0.1, -0.05) is 44.8 Å². The van der Waals surface area contributed by atoms with E-state index in [0.29, 0.717) is 0 Å². The lowest BCUT2D eigenvalue weighted by Gasteiger charge is -2.24. The smallest absolute Gasteiger partial charge is 0.0104 e. The quantitative estimate of drug-likeness (QED) is 0.634. The van der Waals surface area contributed by atoms with Gasteiger partial charge in [-0.3, -0.25) is 0 Å². The molecule has 1 aliphatic heterocycles. The number of hydrogen-bond acceptors (Lipinski definition) is 1. The van der Waals surface area contributed by atoms with Crippen LogP contribution in [0.4, 0.5) is 0 Å². The summed E-state index contributed by atoms with van der Waals surface area (Å²) >= 11 is 0. The highest BCUT2D eigenvalue weighted by Gasteiger charge is 2.13. The molecule has 1 nitrogen and oxygen atoms in total. The molecule has 1 heterocycles. The minimum atomic E-state index is 0.753. The van der Waals surface area contributed by atoms with E-state index < -0.39 is 0 Å². The fourth-order valence-electron chi connectivity index (χ4n) is 2.83. The Morgan fingerprint density at radius 3 is 2.76 bits per heavy atom. The zero-order valence-corrected chi connectivity index (χ0v) is 12.1. The predicted molar refractivity (Wildman–Crippen MR) is 77.3 cm³/mol. The van der Waals surface area contributed by atoms with Crippen LogP contribution in [0.3, 0.4) is 0 Å². The van der Waals surface area contributed by atoms with E-state index in [1.165, 1.54) is 57.9 Å². The summed E-state index contributed by atoms with van der Waals surface area (Å²) in [5.74, 6) is 0.818. The second kappa shape index (κ2) is 8.74. The van der Waals surface area contributed by atoms with Crippen molar-refractivity contribution in [3.05, 3.63) is 11.6 Å². The number of allylic oxidation sites excluding steroid dienone is 1. The van der Waals surface area contributed by atoms with Crippen molar-refractivity contribution >= 4 is 0 Å². The first-order valence-electron chi connectivity index (χ1n) is 7.66. The van der Waals surface area contributed by atoms with E-state index in [4.69, 9.17) is 0 Å². The van der Waals surface area contributed by atoms with Crippen molar-refractivity contribution in [1.82, 2.24) is 5.32 Å². The van der Waals surface area contributed by atoms with Crippen LogP contribution in [-0.4, -0.2) is 12.6 Å². The standard InChI is InChI=1S/C16H31N/c1-4-6-9-15(5-2)12-14(3)13-16-10-7-8-11-17-16/h12,15-17H,4-11,13H2,1-3H3/b14-12-. The summed E-state index contributed by atoms with van der Waals surface area (Å²) in [6.45, 7) is 8.16. The van der Waals surface area contributed by atoms with Gasteiger partial charge < -0.3 is 5.32 Å². The predicted octanol–water partition coefficient (Wildman–Crippen LogP) is 4.68. The molecule has 1 heteroatoms. The maximum atomic E-state index is 3.64. The summed E-state index contributed by atoms with van der Waals surface area (Å²) in [4.78, 5) is 0. The zero-order chi connectivity index (χ0) is 12.5. The number of piperidine rings is 1. The molecule has 0 amide bonds. The number of hydrogen-bond donors (Lipinski definition) is 1. The maximum Gasteiger partial charge on any atom is 0.0104 e. The second-order valence-corrected chi connectivity index (χ2v) is 5.67. The van der Waals surface area contributed by atoms with Gasteiger partial charge in [-0.15, -0.1) is 0 Å². The van der Waals surface area contributed by atoms with Crippen molar-refractivity contribution in [2.45, 2.75) is 78.2 Å². The lowest BCUT2D eigenvalue weighted by atomic mass is 9.93. The van der Waals surface area contributed by atoms with Gasteiger partial charge in [-0.05, 0) is 51.5 Å². The van der Waals surface area contributed by atoms with Crippen LogP contribution in [0.25, 0.3) is 0 Å². The van der Waals surface area contributed by atoms with Gasteiger partial charge in [0.15, 0.2) is 0 Å². The third-order valence-electron chi connectivity index (χ3n) is 3.95. The third kappa shape index (κ3) is 6.26. The van der Waals surface area contributed by atoms with Crippen molar-refractivity contribution in [1.29, 1.82) is 0 Å². The van der Waals surface area contributed by atoms with Gasteiger partial charge in [0, 0.05) is 6.04 Å². The highest BCUT2D eigenvalue weighted by atomic mass is 14.9. The van der Waals surface area contributed by atoms with Gasteiger partial charge >= 0.3 is 0 Å². The van der Waals surface area contributed by atoms with Crippen LogP contribution in [-0.2, 0) is 0 Å². The van der Waals surface area contributed by atoms with E-state index in [2.05, 4.69) is 32.2 Å². The molecular weight excluding hydrogens is 206 g/mol. The Morgan fingerprint density at radius 2 is 2.18 bits per heavy atom. The van der Waals surface area contributed by atoms with E-state index in [1.807, 2.05) is 0 Å². The van der Waals surface area contributed by atoms with Crippen LogP contribution >= 0.6 is 0 Å². The van der Waals surface area contributed by atoms with Gasteiger partial charge in [-0.2, -0.15) is 0 Å². The average Bonchev–Trinajstić information content (AvgIpc) is 2.35. The van der Waals surface area contributed by atoms with Crippen molar-refractivity contribution in [2.24, 2.45) is 5.92 Å². The maximum absolute atomic E-state index is 3.64. The first kappa shape index (κ1) is 14.8. The number of unbranched alkanes of at least 4 members (excludes halogenated alkanes) is 1. The molecule has 1 rings (SSSR count). The Bertz CT molecular complexity index is 214. The summed E-state index contributed by atoms with van der Waals surface area (Å²) in [5.41, 5.74) is 1.60. The molecular formula is C16H31N. The Hall–Kier alpha value is -0.300. The summed E-state index contributed by atoms with van der Waals surface area (Å²) < 4.78 is 0. The molecule has 0 aromatic rings. The van der Waals surface area contributed by atoms with Crippen LogP contribution in [0.15, 0.2) is 11.6 Å². The molecule has 2 atom stereocenters. The van der Waals surface area contributed by atoms with Crippen molar-refractivity contribution in [2.75, 3.05) is 6.54 Å². The van der Waals surface area contributed by atoms with Crippen LogP contribution in [0.5, 0.6) is 0 Å². The Balaban J connectivity index is 2.34. The van der Waals surface area contributed by atoms with Crippen molar-refractivity contribution in [3.63, 3.8) is 0 Å². The van der Waals surface area contributed by atoms with Crippen molar-refractivity contribution < 1.29 is 0 Å². The van der Waals surface area contributed by atoms with Gasteiger partial charge in [0.25, 0.3) is 0 Å². The number of rotatable bonds is 7. The van der Waals surface area contributed by atoms with Crippen molar-refractivity contribution in [3.8, 4) is 0 Å². The summed E-state index contributed by atoms with van der Waals surface area (Å²) in [5, 5.41) is 3.64. The molecule has 100 valence electrons. The summed E-state index contributed by atoms with van der Waals surface area (Å²) in [6, 6.07) is 0.753. The van der Waals surface area contributed by atoms with E-state index >= 15 is 0 Å². The fraction of sp³-hybridized carbons (Fsp3) is 0.875. The monoisotopic (exact) mass is 237 g/mol. The van der Waals surface area contributed by atoms with Gasteiger partial charge in [0.1, 0.15) is 0 Å². The molecule has 0 aromatic carbocycles. The molecule has 1 fully saturated rings. The molecule has 1 saturated heterocycles. The average molecular weight is 237 g/mol. The lowest BCUT2D eigenvalue weighted by molar-refractivity contribution is 0.397. The molecule has 0 bridgehead atoms. The molecule has 0 aromatic heterocycles. The third-order valence-corrected chi connectivity index (χ3v) is 3.95. The van der Waals surface area contributed by atoms with E-state index in [1.54, 1.807) is 5.57 Å². The number of nitrogens with one attached hydrogen (secondary N) is 1. The minimum absolute atomic E-state index is 0.753. The lowest BCUT2D eigenvalue weighted by Crippen LogP contribution is -2.34. The fourth-order valence-corrected chi connectivity index (χ4v) is 2.83. The Morgan fingerprint density at radius 1 is 1.35 bits per heavy atom. The Kier molecular flexibility index (Phi) is 7.59. The van der Waals surface area contributed by atoms with E-state index in [0.717, 1.165) is 12.0 Å². The Labute approximate surface area is 108 Å². The molecule has 0 spiro atoms. The normalized spacial score (nSPS) is 23.7. The zero-order valence-electron chi connectivity index (χ0n) is 12.1. The first-order valence-corrected chi connectivity index (χ1v) is 7.66. The van der Waals surface area contributed by atoms with Crippen LogP contribution < -0.4 is 5.32 Å². The SMILES string of the molecule is CCCCC(/C=C(/C)CC1CCCCN1)CC. The molecule has 0 aliphatic carbocycles. The highest BCUT2D eigenvalue weighted by Crippen LogP contribution is 2.20. The topological polar surface area (TPSA) is 12.0 Å². The molecule has 0 radical (unpaired) electrons. The van der Waals surface area contributed by atoms with Gasteiger partial charge in [0.2, 0.25) is 0 Å². The van der Waals surface area contributed by atoms with Crippen LogP contribution in [0, 0.1) is 5.92 Å². The highest BCUT2D eigenvalue weighted by molar-refractivity contribution is 5.03. The largest absolute Gasteiger partial charge is 0.314 e. The second-order valence-electron chi connectivity index (χ2n) is 5.67. The van der Waals surface area contributed by atoms with Gasteiger partial charge in [-0.25, -0.2) is 0 Å². The molecule has 17 heavy (non-hydrogen) atoms. The first-order chi connectivity index (χ1) is 8.26. The van der Waals surface area contributed by atoms with Crippen LogP contribution in [0.2, 0.25) is 0 Å². The van der Waals surface area contributed by atoms with Crippen LogP contribution in [0.1, 0.15) is 72.1 Å². The molecule has 0 saturated carbocycles. The van der Waals surface area contributed by atoms with E-state index in [9.17, 15) is 0 Å².